The van der Waals surface area contributed by atoms with Gasteiger partial charge in [-0.1, -0.05) is 0 Å². The van der Waals surface area contributed by atoms with Gasteiger partial charge in [-0.3, -0.25) is 24.0 Å². The molecular weight excluding hydrogens is 531 g/mol. The minimum Gasteiger partial charge on any atom is -0.480 e. The molecule has 1 saturated heterocycles. The number of rotatable bonds is 4. The van der Waals surface area contributed by atoms with Crippen LogP contribution in [-0.2, 0) is 15.7 Å². The lowest BCUT2D eigenvalue weighted by atomic mass is 9.88. The number of aromatic nitrogens is 3. The topological polar surface area (TPSA) is 168 Å². The molecule has 2 aliphatic heterocycles. The Morgan fingerprint density at radius 2 is 1.89 bits per heavy atom. The van der Waals surface area contributed by atoms with Crippen LogP contribution in [0.25, 0.3) is 0 Å². The fourth-order valence-corrected chi connectivity index (χ4v) is 8.34. The zero-order chi connectivity index (χ0) is 28.1. The molecule has 0 unspecified atom stereocenters. The Hall–Kier alpha value is -3.66. The number of fused-ring (bicyclic) bond motifs is 1. The van der Waals surface area contributed by atoms with E-state index < -0.39 is 68.1 Å². The summed E-state index contributed by atoms with van der Waals surface area (Å²) in [5, 5.41) is 12.4. The number of anilines is 1. The molecule has 4 rings (SSSR count). The molecule has 0 radical (unpaired) electrons. The van der Waals surface area contributed by atoms with Crippen LogP contribution in [-0.4, -0.2) is 71.7 Å². The second-order valence-electron chi connectivity index (χ2n) is 9.59. The van der Waals surface area contributed by atoms with Crippen molar-refractivity contribution in [3.8, 4) is 5.88 Å². The summed E-state index contributed by atoms with van der Waals surface area (Å²) in [6.07, 6.45) is -0.0895. The van der Waals surface area contributed by atoms with Gasteiger partial charge in [0.25, 0.3) is 11.8 Å². The second-order valence-corrected chi connectivity index (χ2v) is 13.0. The van der Waals surface area contributed by atoms with Crippen molar-refractivity contribution in [2.75, 3.05) is 19.0 Å². The monoisotopic (exact) mass is 557 g/mol. The number of ether oxygens (including phenoxy) is 1. The molecule has 2 aromatic rings. The predicted octanol–water partition coefficient (Wildman–Crippen LogP) is 1.87. The first-order valence-corrected chi connectivity index (χ1v) is 13.1. The summed E-state index contributed by atoms with van der Waals surface area (Å²) in [4.78, 5) is 40.4. The highest BCUT2D eigenvalue weighted by Crippen LogP contribution is 2.50. The number of carbonyl (C=O) groups excluding carboxylic acids is 1. The smallest absolute Gasteiger partial charge is 0.410 e. The summed E-state index contributed by atoms with van der Waals surface area (Å²) in [6, 6.07) is 2.08. The Balaban J connectivity index is 1.82. The lowest BCUT2D eigenvalue weighted by Gasteiger charge is -2.57. The van der Waals surface area contributed by atoms with E-state index in [0.717, 1.165) is 18.3 Å². The fraction of sp³-hybridized carbons (Fsp3) is 0.455. The van der Waals surface area contributed by atoms with Gasteiger partial charge in [0, 0.05) is 6.42 Å². The van der Waals surface area contributed by atoms with Crippen molar-refractivity contribution in [3.05, 3.63) is 41.7 Å². The molecule has 0 saturated carbocycles. The van der Waals surface area contributed by atoms with E-state index in [1.807, 2.05) is 0 Å². The lowest BCUT2D eigenvalue weighted by Crippen LogP contribution is -2.73. The van der Waals surface area contributed by atoms with Gasteiger partial charge < -0.3 is 15.2 Å². The number of methoxy groups -OCH3 is 1. The number of nitrogens with one attached hydrogen (secondary N) is 3. The Morgan fingerprint density at radius 1 is 1.18 bits per heavy atom. The van der Waals surface area contributed by atoms with Gasteiger partial charge in [-0.05, 0) is 43.0 Å². The zero-order valence-corrected chi connectivity index (χ0v) is 21.6. The quantitative estimate of drug-likeness (QED) is 0.355. The van der Waals surface area contributed by atoms with Crippen LogP contribution < -0.4 is 20.1 Å². The highest BCUT2D eigenvalue weighted by atomic mass is 32.3. The summed E-state index contributed by atoms with van der Waals surface area (Å²) in [7, 11) is -2.56. The Kier molecular flexibility index (Phi) is 6.68. The fourth-order valence-electron chi connectivity index (χ4n) is 4.65. The van der Waals surface area contributed by atoms with E-state index in [0.29, 0.717) is 0 Å². The molecule has 4 N–H and O–H groups in total. The third kappa shape index (κ3) is 4.57. The van der Waals surface area contributed by atoms with Crippen LogP contribution in [0.5, 0.6) is 5.88 Å². The average molecular weight is 558 g/mol. The number of thiol groups is 1. The minimum absolute atomic E-state index is 0.115. The van der Waals surface area contributed by atoms with Crippen LogP contribution in [0.4, 0.5) is 23.8 Å². The van der Waals surface area contributed by atoms with E-state index in [9.17, 15) is 27.7 Å². The van der Waals surface area contributed by atoms with Crippen molar-refractivity contribution >= 4 is 33.8 Å². The summed E-state index contributed by atoms with van der Waals surface area (Å²) < 4.78 is 64.7. The minimum atomic E-state index is -3.93. The van der Waals surface area contributed by atoms with Gasteiger partial charge in [-0.15, -0.1) is 0 Å². The van der Waals surface area contributed by atoms with Crippen molar-refractivity contribution < 1.29 is 36.8 Å². The largest absolute Gasteiger partial charge is 0.480 e. The number of alkyl halides is 2. The maximum atomic E-state index is 15.3. The Labute approximate surface area is 216 Å². The summed E-state index contributed by atoms with van der Waals surface area (Å²) in [5.41, 5.74) is -2.62. The molecule has 2 aliphatic rings. The molecule has 2 atom stereocenters. The molecule has 0 aromatic carbocycles. The standard InChI is InChI=1S/C22H26F3N7O5S/c1-20(2)18(31-19(34)35)32-21(3,13-7-22(24,25)10-28-38(13,20)36)16-11(23)5-6-14(29-16)30-17(33)12-8-27-15(37-4)9-26-12/h5-6,8-9,13,38H,7,10H2,1-4H3,(H,28,36)(H,31,32)(H,34,35)(H,29,30,33)/t13-,21+/m1/s1. The van der Waals surface area contributed by atoms with E-state index in [2.05, 4.69) is 35.3 Å². The molecule has 38 heavy (non-hydrogen) atoms. The van der Waals surface area contributed by atoms with Crippen LogP contribution >= 0.6 is 0 Å². The van der Waals surface area contributed by atoms with Crippen molar-refractivity contribution in [2.45, 2.75) is 48.7 Å². The van der Waals surface area contributed by atoms with E-state index in [4.69, 9.17) is 4.74 Å². The first kappa shape index (κ1) is 27.4. The molecule has 206 valence electrons. The van der Waals surface area contributed by atoms with Crippen molar-refractivity contribution in [3.63, 3.8) is 0 Å². The Morgan fingerprint density at radius 3 is 2.50 bits per heavy atom. The number of halogens is 3. The van der Waals surface area contributed by atoms with Gasteiger partial charge in [-0.25, -0.2) is 32.9 Å². The molecule has 0 aliphatic carbocycles. The van der Waals surface area contributed by atoms with Gasteiger partial charge in [0.2, 0.25) is 5.88 Å². The number of pyridine rings is 1. The van der Waals surface area contributed by atoms with Crippen LogP contribution in [0.1, 0.15) is 43.4 Å². The number of aliphatic imine (C=N–C) groups is 1. The first-order chi connectivity index (χ1) is 17.6. The number of amidine groups is 1. The molecule has 4 heterocycles. The SMILES string of the molecule is COc1cnc(C(=O)Nc2ccc(F)c([C@@]3(C)N=C(NC(=O)O)C(C)(C)[SH]4(=O)NCC(F)(F)C[C@H]34)n2)cn1. The van der Waals surface area contributed by atoms with Gasteiger partial charge in [0.05, 0.1) is 36.0 Å². The third-order valence-corrected chi connectivity index (χ3v) is 10.8. The molecule has 0 bridgehead atoms. The number of carbonyl (C=O) groups is 2. The van der Waals surface area contributed by atoms with E-state index in [1.165, 1.54) is 34.1 Å². The predicted molar refractivity (Wildman–Crippen MR) is 132 cm³/mol. The van der Waals surface area contributed by atoms with Gasteiger partial charge in [-0.2, -0.15) is 0 Å². The van der Waals surface area contributed by atoms with E-state index in [1.54, 1.807) is 0 Å². The van der Waals surface area contributed by atoms with Crippen LogP contribution in [0, 0.1) is 5.82 Å². The van der Waals surface area contributed by atoms with Crippen LogP contribution in [0.15, 0.2) is 29.5 Å². The maximum absolute atomic E-state index is 15.3. The molecule has 1 fully saturated rings. The normalized spacial score (nSPS) is 25.8. The maximum Gasteiger partial charge on any atom is 0.410 e. The first-order valence-electron chi connectivity index (χ1n) is 11.3. The van der Waals surface area contributed by atoms with Crippen LogP contribution in [0.2, 0.25) is 0 Å². The highest BCUT2D eigenvalue weighted by Gasteiger charge is 2.62. The van der Waals surface area contributed by atoms with Gasteiger partial charge >= 0.3 is 6.09 Å². The number of nitrogens with zero attached hydrogens (tertiary/aromatic N) is 4. The molecule has 2 amide bonds. The molecule has 0 spiro atoms. The van der Waals surface area contributed by atoms with Gasteiger partial charge in [0.1, 0.15) is 34.4 Å². The van der Waals surface area contributed by atoms with Crippen LogP contribution in [0.3, 0.4) is 0 Å². The number of hydrogen-bond acceptors (Lipinski definition) is 8. The Bertz CT molecular complexity index is 1370. The molecule has 2 aromatic heterocycles. The van der Waals surface area contributed by atoms with E-state index >= 15 is 4.39 Å². The summed E-state index contributed by atoms with van der Waals surface area (Å²) in [6.45, 7) is 3.19. The molecule has 16 heteroatoms. The lowest BCUT2D eigenvalue weighted by molar-refractivity contribution is -0.0139. The highest BCUT2D eigenvalue weighted by molar-refractivity contribution is 8.04. The van der Waals surface area contributed by atoms with E-state index in [-0.39, 0.29) is 23.2 Å². The summed E-state index contributed by atoms with van der Waals surface area (Å²) >= 11 is 0. The summed E-state index contributed by atoms with van der Waals surface area (Å²) in [5.74, 6) is -5.35. The number of hydrogen-bond donors (Lipinski definition) is 5. The molecule has 12 nitrogen and oxygen atoms in total. The average Bonchev–Trinajstić information content (AvgIpc) is 2.85. The second kappa shape index (κ2) is 9.27. The number of amides is 2. The third-order valence-electron chi connectivity index (χ3n) is 6.77. The van der Waals surface area contributed by atoms with Crippen molar-refractivity contribution in [2.24, 2.45) is 4.99 Å². The van der Waals surface area contributed by atoms with Crippen molar-refractivity contribution in [1.82, 2.24) is 25.0 Å². The van der Waals surface area contributed by atoms with Gasteiger partial charge in [0.15, 0.2) is 0 Å². The zero-order valence-electron chi connectivity index (χ0n) is 20.8. The molecular formula is C22H26F3N7O5S. The number of carboxylic acid groups (broad SMARTS) is 1. The van der Waals surface area contributed by atoms with Crippen molar-refractivity contribution in [1.29, 1.82) is 0 Å².